The standard InChI is InChI=1S/C15H26N2O2/c1-13(2)12-19-15-6-4-5-14(11-15)17-8-7-16-9-10-18-3/h4-6,11,13,16-17H,7-10,12H2,1-3H3. The van der Waals surface area contributed by atoms with Gasteiger partial charge in [0, 0.05) is 38.5 Å². The van der Waals surface area contributed by atoms with Gasteiger partial charge in [0.25, 0.3) is 0 Å². The van der Waals surface area contributed by atoms with Crippen LogP contribution in [0.5, 0.6) is 5.75 Å². The molecular formula is C15H26N2O2. The van der Waals surface area contributed by atoms with Crippen LogP contribution in [0.3, 0.4) is 0 Å². The molecule has 0 fully saturated rings. The van der Waals surface area contributed by atoms with Crippen LogP contribution in [0, 0.1) is 5.92 Å². The fourth-order valence-electron chi connectivity index (χ4n) is 1.55. The van der Waals surface area contributed by atoms with Crippen LogP contribution in [0.1, 0.15) is 13.8 Å². The third-order valence-electron chi connectivity index (χ3n) is 2.53. The lowest BCUT2D eigenvalue weighted by atomic mass is 10.2. The van der Waals surface area contributed by atoms with Crippen molar-refractivity contribution in [2.75, 3.05) is 45.3 Å². The van der Waals surface area contributed by atoms with E-state index in [2.05, 4.69) is 30.5 Å². The molecule has 0 aromatic heterocycles. The van der Waals surface area contributed by atoms with Crippen molar-refractivity contribution in [3.8, 4) is 5.75 Å². The Morgan fingerprint density at radius 1 is 1.16 bits per heavy atom. The van der Waals surface area contributed by atoms with Gasteiger partial charge in [-0.2, -0.15) is 0 Å². The summed E-state index contributed by atoms with van der Waals surface area (Å²) in [6.07, 6.45) is 0. The Labute approximate surface area is 116 Å². The second kappa shape index (κ2) is 9.64. The molecule has 0 heterocycles. The number of hydrogen-bond acceptors (Lipinski definition) is 4. The van der Waals surface area contributed by atoms with Crippen LogP contribution in [0.15, 0.2) is 24.3 Å². The maximum absolute atomic E-state index is 5.70. The van der Waals surface area contributed by atoms with Crippen LogP contribution in [-0.4, -0.2) is 40.0 Å². The maximum atomic E-state index is 5.70. The largest absolute Gasteiger partial charge is 0.493 e. The molecular weight excluding hydrogens is 240 g/mol. The molecule has 0 spiro atoms. The minimum atomic E-state index is 0.543. The first-order valence-corrected chi connectivity index (χ1v) is 6.88. The molecule has 1 aromatic rings. The van der Waals surface area contributed by atoms with E-state index in [4.69, 9.17) is 9.47 Å². The molecule has 108 valence electrons. The van der Waals surface area contributed by atoms with Crippen LogP contribution in [0.25, 0.3) is 0 Å². The molecule has 0 saturated carbocycles. The van der Waals surface area contributed by atoms with Gasteiger partial charge in [0.15, 0.2) is 0 Å². The summed E-state index contributed by atoms with van der Waals surface area (Å²) >= 11 is 0. The molecule has 0 aliphatic carbocycles. The Hall–Kier alpha value is -1.26. The van der Waals surface area contributed by atoms with Gasteiger partial charge in [-0.15, -0.1) is 0 Å². The maximum Gasteiger partial charge on any atom is 0.121 e. The lowest BCUT2D eigenvalue weighted by Crippen LogP contribution is -2.25. The molecule has 2 N–H and O–H groups in total. The first-order valence-electron chi connectivity index (χ1n) is 6.88. The van der Waals surface area contributed by atoms with Crippen molar-refractivity contribution in [3.63, 3.8) is 0 Å². The van der Waals surface area contributed by atoms with Crippen LogP contribution >= 0.6 is 0 Å². The Morgan fingerprint density at radius 3 is 2.74 bits per heavy atom. The highest BCUT2D eigenvalue weighted by Crippen LogP contribution is 2.17. The highest BCUT2D eigenvalue weighted by atomic mass is 16.5. The number of ether oxygens (including phenoxy) is 2. The monoisotopic (exact) mass is 266 g/mol. The number of benzene rings is 1. The van der Waals surface area contributed by atoms with Gasteiger partial charge in [0.05, 0.1) is 13.2 Å². The van der Waals surface area contributed by atoms with E-state index in [1.165, 1.54) is 0 Å². The number of hydrogen-bond donors (Lipinski definition) is 2. The summed E-state index contributed by atoms with van der Waals surface area (Å²) in [6.45, 7) is 8.48. The van der Waals surface area contributed by atoms with E-state index in [1.54, 1.807) is 7.11 Å². The van der Waals surface area contributed by atoms with Crippen molar-refractivity contribution in [1.82, 2.24) is 5.32 Å². The van der Waals surface area contributed by atoms with Crippen LogP contribution < -0.4 is 15.4 Å². The molecule has 0 radical (unpaired) electrons. The van der Waals surface area contributed by atoms with Gasteiger partial charge in [-0.1, -0.05) is 19.9 Å². The van der Waals surface area contributed by atoms with Crippen LogP contribution in [0.2, 0.25) is 0 Å². The normalized spacial score (nSPS) is 10.7. The Balaban J connectivity index is 2.24. The molecule has 1 rings (SSSR count). The van der Waals surface area contributed by atoms with Crippen LogP contribution in [0.4, 0.5) is 5.69 Å². The lowest BCUT2D eigenvalue weighted by Gasteiger charge is -2.11. The third kappa shape index (κ3) is 7.70. The number of rotatable bonds is 10. The summed E-state index contributed by atoms with van der Waals surface area (Å²) in [7, 11) is 1.71. The van der Waals surface area contributed by atoms with Gasteiger partial charge >= 0.3 is 0 Å². The fourth-order valence-corrected chi connectivity index (χ4v) is 1.55. The topological polar surface area (TPSA) is 42.5 Å². The number of methoxy groups -OCH3 is 1. The quantitative estimate of drug-likeness (QED) is 0.638. The first kappa shape index (κ1) is 15.8. The number of nitrogens with one attached hydrogen (secondary N) is 2. The lowest BCUT2D eigenvalue weighted by molar-refractivity contribution is 0.200. The molecule has 1 aromatic carbocycles. The molecule has 19 heavy (non-hydrogen) atoms. The molecule has 0 aliphatic heterocycles. The van der Waals surface area contributed by atoms with E-state index in [1.807, 2.05) is 18.2 Å². The van der Waals surface area contributed by atoms with E-state index in [-0.39, 0.29) is 0 Å². The highest BCUT2D eigenvalue weighted by molar-refractivity contribution is 5.48. The Morgan fingerprint density at radius 2 is 2.00 bits per heavy atom. The zero-order valence-corrected chi connectivity index (χ0v) is 12.2. The van der Waals surface area contributed by atoms with E-state index in [0.29, 0.717) is 5.92 Å². The zero-order chi connectivity index (χ0) is 13.9. The molecule has 4 nitrogen and oxygen atoms in total. The predicted octanol–water partition coefficient (Wildman–Crippen LogP) is 2.37. The van der Waals surface area contributed by atoms with Crippen molar-refractivity contribution in [1.29, 1.82) is 0 Å². The van der Waals surface area contributed by atoms with Gasteiger partial charge < -0.3 is 20.1 Å². The Bertz CT molecular complexity index is 343. The van der Waals surface area contributed by atoms with Crippen molar-refractivity contribution in [3.05, 3.63) is 24.3 Å². The summed E-state index contributed by atoms with van der Waals surface area (Å²) in [4.78, 5) is 0. The van der Waals surface area contributed by atoms with E-state index in [0.717, 1.165) is 44.3 Å². The summed E-state index contributed by atoms with van der Waals surface area (Å²) in [6, 6.07) is 8.09. The average molecular weight is 266 g/mol. The molecule has 0 unspecified atom stereocenters. The molecule has 0 aliphatic rings. The van der Waals surface area contributed by atoms with Crippen molar-refractivity contribution in [2.24, 2.45) is 5.92 Å². The highest BCUT2D eigenvalue weighted by Gasteiger charge is 1.98. The minimum absolute atomic E-state index is 0.543. The summed E-state index contributed by atoms with van der Waals surface area (Å²) in [5.41, 5.74) is 1.09. The van der Waals surface area contributed by atoms with Crippen molar-refractivity contribution >= 4 is 5.69 Å². The predicted molar refractivity (Wildman–Crippen MR) is 80.0 cm³/mol. The van der Waals surface area contributed by atoms with Crippen molar-refractivity contribution < 1.29 is 9.47 Å². The summed E-state index contributed by atoms with van der Waals surface area (Å²) in [5, 5.41) is 6.66. The molecule has 0 amide bonds. The third-order valence-corrected chi connectivity index (χ3v) is 2.53. The van der Waals surface area contributed by atoms with Gasteiger partial charge in [-0.25, -0.2) is 0 Å². The number of anilines is 1. The van der Waals surface area contributed by atoms with E-state index >= 15 is 0 Å². The second-order valence-electron chi connectivity index (χ2n) is 4.90. The first-order chi connectivity index (χ1) is 9.22. The van der Waals surface area contributed by atoms with Crippen molar-refractivity contribution in [2.45, 2.75) is 13.8 Å². The molecule has 0 saturated heterocycles. The minimum Gasteiger partial charge on any atom is -0.493 e. The van der Waals surface area contributed by atoms with Gasteiger partial charge in [-0.05, 0) is 18.1 Å². The van der Waals surface area contributed by atoms with Crippen LogP contribution in [-0.2, 0) is 4.74 Å². The molecule has 4 heteroatoms. The second-order valence-corrected chi connectivity index (χ2v) is 4.90. The zero-order valence-electron chi connectivity index (χ0n) is 12.2. The Kier molecular flexibility index (Phi) is 8.02. The fraction of sp³-hybridized carbons (Fsp3) is 0.600. The van der Waals surface area contributed by atoms with E-state index in [9.17, 15) is 0 Å². The smallest absolute Gasteiger partial charge is 0.121 e. The molecule has 0 atom stereocenters. The summed E-state index contributed by atoms with van der Waals surface area (Å²) < 4.78 is 10.7. The summed E-state index contributed by atoms with van der Waals surface area (Å²) in [5.74, 6) is 1.47. The SMILES string of the molecule is COCCNCCNc1cccc(OCC(C)C)c1. The average Bonchev–Trinajstić information content (AvgIpc) is 2.41. The van der Waals surface area contributed by atoms with Gasteiger partial charge in [0.2, 0.25) is 0 Å². The van der Waals surface area contributed by atoms with Gasteiger partial charge in [-0.3, -0.25) is 0 Å². The molecule has 0 bridgehead atoms. The van der Waals surface area contributed by atoms with Gasteiger partial charge in [0.1, 0.15) is 5.75 Å². The van der Waals surface area contributed by atoms with E-state index < -0.39 is 0 Å².